The number of hydrogen-bond donors (Lipinski definition) is 2. The Kier molecular flexibility index (Phi) is 8.83. The summed E-state index contributed by atoms with van der Waals surface area (Å²) in [5, 5.41) is 7.16. The lowest BCUT2D eigenvalue weighted by Crippen LogP contribution is -2.15. The molecule has 0 aliphatic carbocycles. The van der Waals surface area contributed by atoms with E-state index < -0.39 is 16.0 Å². The molecule has 0 saturated heterocycles. The number of nitrogens with zero attached hydrogens (tertiary/aromatic N) is 3. The van der Waals surface area contributed by atoms with E-state index in [4.69, 9.17) is 18.9 Å². The summed E-state index contributed by atoms with van der Waals surface area (Å²) in [6, 6.07) is 11.9. The molecule has 3 heterocycles. The van der Waals surface area contributed by atoms with E-state index in [1.807, 2.05) is 13.8 Å². The average molecular weight is 636 g/mol. The zero-order valence-electron chi connectivity index (χ0n) is 24.4. The quantitative estimate of drug-likeness (QED) is 0.167. The van der Waals surface area contributed by atoms with Crippen LogP contribution in [-0.2, 0) is 14.8 Å². The van der Waals surface area contributed by atoms with Gasteiger partial charge in [-0.3, -0.25) is 9.71 Å². The third-order valence-electron chi connectivity index (χ3n) is 6.28. The second kappa shape index (κ2) is 12.7. The molecule has 0 amide bonds. The fraction of sp³-hybridized carbons (Fsp3) is 0.200. The molecule has 0 fully saturated rings. The summed E-state index contributed by atoms with van der Waals surface area (Å²) in [5.74, 6) is 0.124. The molecular formula is C30H29N5O7S2. The van der Waals surface area contributed by atoms with Gasteiger partial charge in [0.15, 0.2) is 0 Å². The van der Waals surface area contributed by atoms with Crippen molar-refractivity contribution in [3.8, 4) is 28.8 Å². The minimum absolute atomic E-state index is 0.107. The first-order valence-corrected chi connectivity index (χ1v) is 15.6. The summed E-state index contributed by atoms with van der Waals surface area (Å²) in [6.07, 6.45) is 2.67. The Bertz CT molecular complexity index is 1930. The van der Waals surface area contributed by atoms with E-state index in [-0.39, 0.29) is 28.3 Å². The van der Waals surface area contributed by atoms with Crippen LogP contribution in [-0.4, -0.2) is 56.8 Å². The van der Waals surface area contributed by atoms with E-state index in [0.29, 0.717) is 45.0 Å². The maximum Gasteiger partial charge on any atom is 0.338 e. The van der Waals surface area contributed by atoms with Gasteiger partial charge in [0.25, 0.3) is 10.0 Å². The SMILES string of the molecule is COC(=O)c1cc(Nc2c(S(=O)(=O)Nc3ccsc3)cnc3cc(-c4cnc(OC)nc4OC)ccc23)cc(OC(C)C)c1. The number of aromatic nitrogens is 3. The lowest BCUT2D eigenvalue weighted by atomic mass is 10.0. The molecule has 2 aromatic carbocycles. The molecule has 44 heavy (non-hydrogen) atoms. The summed E-state index contributed by atoms with van der Waals surface area (Å²) in [6.45, 7) is 3.71. The summed E-state index contributed by atoms with van der Waals surface area (Å²) in [5.41, 5.74) is 3.02. The molecule has 2 N–H and O–H groups in total. The number of anilines is 3. The van der Waals surface area contributed by atoms with Crippen molar-refractivity contribution in [1.82, 2.24) is 15.0 Å². The van der Waals surface area contributed by atoms with Crippen molar-refractivity contribution in [3.63, 3.8) is 0 Å². The molecule has 0 aliphatic heterocycles. The van der Waals surface area contributed by atoms with Crippen LogP contribution in [0, 0.1) is 0 Å². The van der Waals surface area contributed by atoms with Crippen LogP contribution in [0.3, 0.4) is 0 Å². The van der Waals surface area contributed by atoms with Crippen molar-refractivity contribution in [2.45, 2.75) is 24.8 Å². The Balaban J connectivity index is 1.68. The molecule has 0 saturated carbocycles. The van der Waals surface area contributed by atoms with Crippen LogP contribution in [0.2, 0.25) is 0 Å². The van der Waals surface area contributed by atoms with E-state index >= 15 is 0 Å². The maximum atomic E-state index is 13.7. The van der Waals surface area contributed by atoms with Crippen LogP contribution in [0.1, 0.15) is 24.2 Å². The van der Waals surface area contributed by atoms with Gasteiger partial charge in [0.05, 0.1) is 61.6 Å². The van der Waals surface area contributed by atoms with Crippen molar-refractivity contribution in [3.05, 3.63) is 71.2 Å². The monoisotopic (exact) mass is 635 g/mol. The van der Waals surface area contributed by atoms with Gasteiger partial charge >= 0.3 is 12.0 Å². The fourth-order valence-electron chi connectivity index (χ4n) is 4.40. The Hall–Kier alpha value is -4.95. The third kappa shape index (κ3) is 6.50. The normalized spacial score (nSPS) is 11.3. The van der Waals surface area contributed by atoms with Gasteiger partial charge in [0.2, 0.25) is 5.88 Å². The van der Waals surface area contributed by atoms with Gasteiger partial charge in [0, 0.05) is 28.7 Å². The molecule has 228 valence electrons. The number of thiophene rings is 1. The number of benzene rings is 2. The van der Waals surface area contributed by atoms with Gasteiger partial charge in [0.1, 0.15) is 10.6 Å². The van der Waals surface area contributed by atoms with Crippen molar-refractivity contribution in [2.75, 3.05) is 31.4 Å². The average Bonchev–Trinajstić information content (AvgIpc) is 3.51. The number of ether oxygens (including phenoxy) is 4. The number of esters is 1. The van der Waals surface area contributed by atoms with Gasteiger partial charge in [-0.15, -0.1) is 0 Å². The van der Waals surface area contributed by atoms with Crippen molar-refractivity contribution < 1.29 is 32.2 Å². The Morgan fingerprint density at radius 2 is 1.77 bits per heavy atom. The number of fused-ring (bicyclic) bond motifs is 1. The lowest BCUT2D eigenvalue weighted by Gasteiger charge is -2.18. The Labute approximate surface area is 258 Å². The second-order valence-electron chi connectivity index (χ2n) is 9.66. The molecule has 12 nitrogen and oxygen atoms in total. The van der Waals surface area contributed by atoms with Gasteiger partial charge in [-0.05, 0) is 49.1 Å². The first kappa shape index (κ1) is 30.5. The molecule has 0 radical (unpaired) electrons. The van der Waals surface area contributed by atoms with E-state index in [9.17, 15) is 13.2 Å². The highest BCUT2D eigenvalue weighted by atomic mass is 32.2. The first-order chi connectivity index (χ1) is 21.1. The molecule has 0 atom stereocenters. The zero-order chi connectivity index (χ0) is 31.4. The predicted molar refractivity (Wildman–Crippen MR) is 168 cm³/mol. The number of carbonyl (C=O) groups is 1. The number of pyridine rings is 1. The molecule has 0 aliphatic rings. The largest absolute Gasteiger partial charge is 0.491 e. The highest BCUT2D eigenvalue weighted by Gasteiger charge is 2.24. The number of nitrogens with one attached hydrogen (secondary N) is 2. The van der Waals surface area contributed by atoms with Crippen LogP contribution >= 0.6 is 11.3 Å². The van der Waals surface area contributed by atoms with Crippen molar-refractivity contribution in [1.29, 1.82) is 0 Å². The van der Waals surface area contributed by atoms with E-state index in [1.54, 1.807) is 59.4 Å². The standard InChI is InChI=1S/C30H29N5O7S2/c1-17(2)42-22-11-19(29(36)40-4)10-21(13-22)33-27-23-7-6-18(24-14-32-30(41-5)34-28(24)39-3)12-25(23)31-15-26(27)44(37,38)35-20-8-9-43-16-20/h6-17,35H,1-5H3,(H,31,33). The lowest BCUT2D eigenvalue weighted by molar-refractivity contribution is 0.0600. The van der Waals surface area contributed by atoms with E-state index in [0.717, 1.165) is 0 Å². The number of carbonyl (C=O) groups excluding carboxylic acids is 1. The fourth-order valence-corrected chi connectivity index (χ4v) is 6.23. The third-order valence-corrected chi connectivity index (χ3v) is 8.36. The molecule has 0 unspecified atom stereocenters. The number of hydrogen-bond acceptors (Lipinski definition) is 12. The molecule has 0 bridgehead atoms. The minimum Gasteiger partial charge on any atom is -0.491 e. The molecule has 5 aromatic rings. The van der Waals surface area contributed by atoms with Crippen LogP contribution in [0.4, 0.5) is 17.1 Å². The van der Waals surface area contributed by atoms with E-state index in [2.05, 4.69) is 25.0 Å². The van der Waals surface area contributed by atoms with Crippen molar-refractivity contribution in [2.24, 2.45) is 0 Å². The molecule has 0 spiro atoms. The predicted octanol–water partition coefficient (Wildman–Crippen LogP) is 5.89. The summed E-state index contributed by atoms with van der Waals surface area (Å²) in [4.78, 5) is 25.3. The molecule has 5 rings (SSSR count). The second-order valence-corrected chi connectivity index (χ2v) is 12.1. The maximum absolute atomic E-state index is 13.7. The van der Waals surface area contributed by atoms with E-state index in [1.165, 1.54) is 38.9 Å². The zero-order valence-corrected chi connectivity index (χ0v) is 26.1. The van der Waals surface area contributed by atoms with Crippen LogP contribution in [0.15, 0.2) is 70.5 Å². The minimum atomic E-state index is -4.11. The summed E-state index contributed by atoms with van der Waals surface area (Å²) >= 11 is 1.36. The van der Waals surface area contributed by atoms with Gasteiger partial charge in [-0.25, -0.2) is 18.2 Å². The van der Waals surface area contributed by atoms with Gasteiger partial charge < -0.3 is 24.3 Å². The number of rotatable bonds is 11. The topological polar surface area (TPSA) is 151 Å². The Morgan fingerprint density at radius 1 is 0.955 bits per heavy atom. The highest BCUT2D eigenvalue weighted by Crippen LogP contribution is 2.37. The first-order valence-electron chi connectivity index (χ1n) is 13.2. The molecule has 14 heteroatoms. The Morgan fingerprint density at radius 3 is 2.45 bits per heavy atom. The number of sulfonamides is 1. The number of methoxy groups -OCH3 is 3. The molecule has 3 aromatic heterocycles. The van der Waals surface area contributed by atoms with Crippen LogP contribution < -0.4 is 24.2 Å². The van der Waals surface area contributed by atoms with Crippen LogP contribution in [0.25, 0.3) is 22.0 Å². The summed E-state index contributed by atoms with van der Waals surface area (Å²) < 4.78 is 51.3. The molecular weight excluding hydrogens is 606 g/mol. The highest BCUT2D eigenvalue weighted by molar-refractivity contribution is 7.93. The van der Waals surface area contributed by atoms with Gasteiger partial charge in [-0.1, -0.05) is 12.1 Å². The smallest absolute Gasteiger partial charge is 0.338 e. The van der Waals surface area contributed by atoms with Crippen molar-refractivity contribution >= 4 is 55.3 Å². The van der Waals surface area contributed by atoms with Gasteiger partial charge in [-0.2, -0.15) is 16.3 Å². The summed E-state index contributed by atoms with van der Waals surface area (Å²) in [7, 11) is 0.118. The van der Waals surface area contributed by atoms with Crippen LogP contribution in [0.5, 0.6) is 17.6 Å².